The molecule has 3 fully saturated rings. The maximum atomic E-state index is 16.5. The number of thiophene rings is 1. The van der Waals surface area contributed by atoms with Gasteiger partial charge in [0.1, 0.15) is 17.8 Å². The van der Waals surface area contributed by atoms with Crippen molar-refractivity contribution in [3.8, 4) is 11.8 Å². The summed E-state index contributed by atoms with van der Waals surface area (Å²) in [6, 6.07) is 24.8. The highest BCUT2D eigenvalue weighted by atomic mass is 32.1. The lowest BCUT2D eigenvalue weighted by molar-refractivity contribution is -0.148. The van der Waals surface area contributed by atoms with E-state index in [0.717, 1.165) is 31.2 Å². The fourth-order valence-electron chi connectivity index (χ4n) is 8.65. The molecule has 8 atom stereocenters. The van der Waals surface area contributed by atoms with Crippen molar-refractivity contribution in [1.29, 1.82) is 5.26 Å². The van der Waals surface area contributed by atoms with Crippen LogP contribution in [0.2, 0.25) is 0 Å². The monoisotopic (exact) mass is 855 g/mol. The van der Waals surface area contributed by atoms with Gasteiger partial charge in [-0.05, 0) is 85.9 Å². The number of nitrogens with one attached hydrogen (secondary N) is 2. The second-order valence-electron chi connectivity index (χ2n) is 15.9. The zero-order valence-corrected chi connectivity index (χ0v) is 35.5. The molecule has 0 spiro atoms. The molecule has 3 aliphatic rings. The molecule has 0 bridgehead atoms. The van der Waals surface area contributed by atoms with Crippen molar-refractivity contribution < 1.29 is 37.4 Å². The summed E-state index contributed by atoms with van der Waals surface area (Å²) in [5.41, 5.74) is 1.06. The molecule has 3 amide bonds. The molecule has 12 nitrogen and oxygen atoms in total. The van der Waals surface area contributed by atoms with E-state index in [1.807, 2.05) is 37.3 Å². The molecule has 60 heavy (non-hydrogen) atoms. The third kappa shape index (κ3) is 9.44. The number of nitriles is 1. The van der Waals surface area contributed by atoms with Crippen LogP contribution in [0.15, 0.2) is 84.9 Å². The average Bonchev–Trinajstić information content (AvgIpc) is 4.01. The lowest BCUT2D eigenvalue weighted by atomic mass is 9.90. The molecule has 0 aliphatic carbocycles. The van der Waals surface area contributed by atoms with Crippen LogP contribution in [0.4, 0.5) is 4.39 Å². The van der Waals surface area contributed by atoms with E-state index in [0.29, 0.717) is 47.3 Å². The molecule has 2 N–H and O–H groups in total. The third-order valence-corrected chi connectivity index (χ3v) is 15.0. The molecule has 3 saturated heterocycles. The molecule has 7 rings (SSSR count). The number of benzene rings is 3. The number of nitrogens with zero attached hydrogens (tertiary/aromatic N) is 3. The van der Waals surface area contributed by atoms with E-state index in [1.165, 1.54) is 30.4 Å². The second-order valence-corrected chi connectivity index (χ2v) is 19.1. The minimum absolute atomic E-state index is 0.0326. The minimum atomic E-state index is -4.44. The van der Waals surface area contributed by atoms with E-state index in [-0.39, 0.29) is 60.1 Å². The molecule has 4 heterocycles. The maximum absolute atomic E-state index is 16.5. The molecule has 1 aromatic heterocycles. The number of esters is 1. The van der Waals surface area contributed by atoms with Crippen LogP contribution in [0.3, 0.4) is 0 Å². The highest BCUT2D eigenvalue weighted by Gasteiger charge is 2.47. The van der Waals surface area contributed by atoms with Crippen LogP contribution in [0.5, 0.6) is 5.75 Å². The van der Waals surface area contributed by atoms with Crippen LogP contribution in [-0.4, -0.2) is 77.9 Å². The quantitative estimate of drug-likeness (QED) is 0.0944. The van der Waals surface area contributed by atoms with Gasteiger partial charge in [0.15, 0.2) is 0 Å². The number of para-hydroxylation sites is 1. The highest BCUT2D eigenvalue weighted by Crippen LogP contribution is 2.58. The van der Waals surface area contributed by atoms with Crippen molar-refractivity contribution in [2.75, 3.05) is 26.2 Å². The van der Waals surface area contributed by atoms with Crippen molar-refractivity contribution in [1.82, 2.24) is 20.2 Å². The summed E-state index contributed by atoms with van der Waals surface area (Å²) in [5, 5.41) is 16.1. The van der Waals surface area contributed by atoms with E-state index < -0.39 is 37.4 Å². The molecule has 0 saturated carbocycles. The summed E-state index contributed by atoms with van der Waals surface area (Å²) in [5.74, 6) is -4.29. The van der Waals surface area contributed by atoms with Gasteiger partial charge in [0.2, 0.25) is 17.7 Å². The summed E-state index contributed by atoms with van der Waals surface area (Å²) in [4.78, 5) is 58.5. The number of likely N-dealkylation sites (tertiary alicyclic amines) is 1. The van der Waals surface area contributed by atoms with Gasteiger partial charge < -0.3 is 24.4 Å². The fourth-order valence-corrected chi connectivity index (χ4v) is 11.5. The van der Waals surface area contributed by atoms with Gasteiger partial charge in [-0.25, -0.2) is 9.48 Å². The average molecular weight is 856 g/mol. The van der Waals surface area contributed by atoms with Crippen LogP contribution in [0.1, 0.15) is 91.4 Å². The highest BCUT2D eigenvalue weighted by molar-refractivity contribution is 7.57. The minimum Gasteiger partial charge on any atom is -0.465 e. The van der Waals surface area contributed by atoms with E-state index in [2.05, 4.69) is 16.5 Å². The van der Waals surface area contributed by atoms with Gasteiger partial charge in [-0.15, -0.1) is 11.3 Å². The van der Waals surface area contributed by atoms with Crippen LogP contribution in [0.25, 0.3) is 10.1 Å². The lowest BCUT2D eigenvalue weighted by Gasteiger charge is -2.36. The fraction of sp³-hybridized carbons (Fsp3) is 0.444. The second kappa shape index (κ2) is 19.1. The Morgan fingerprint density at radius 2 is 1.72 bits per heavy atom. The maximum Gasteiger partial charge on any atom is 0.355 e. The molecule has 0 radical (unpaired) electrons. The summed E-state index contributed by atoms with van der Waals surface area (Å²) >= 11 is 1.21. The Morgan fingerprint density at radius 1 is 0.983 bits per heavy atom. The van der Waals surface area contributed by atoms with Gasteiger partial charge in [-0.1, -0.05) is 74.4 Å². The predicted octanol–water partition coefficient (Wildman–Crippen LogP) is 8.12. The largest absolute Gasteiger partial charge is 0.465 e. The number of hydrogen-bond acceptors (Lipinski definition) is 9. The standard InChI is InChI=1S/C45H51FN5O7PS/c1-3-22-57-45(55)29(2)49-59(56,58-36-16-8-5-9-17-36)41(46)31-18-21-39-33(23-31)24-40(60-39)42(52)48-26-32-14-10-11-15-35-19-20-38(51(35)43(32)53)44(54)50-27-34(25-47)37(28-50)30-12-6-4-7-13-30/h4-9,12-13,16-18,21,23-24,29,32,34-35,37-38,41H,3,10-11,14-15,19-20,22,26-28H2,1-2H3,(H,48,52)(H,49,56)/t29-,32?,34+,35-,37-,38-,41?,59?/m0/s1. The Labute approximate surface area is 353 Å². The molecule has 15 heteroatoms. The van der Waals surface area contributed by atoms with Crippen molar-refractivity contribution in [3.63, 3.8) is 0 Å². The van der Waals surface area contributed by atoms with Crippen molar-refractivity contribution in [2.24, 2.45) is 11.8 Å². The first-order chi connectivity index (χ1) is 29.0. The number of fused-ring (bicyclic) bond motifs is 2. The zero-order valence-electron chi connectivity index (χ0n) is 33.8. The van der Waals surface area contributed by atoms with E-state index in [9.17, 15) is 29.0 Å². The Balaban J connectivity index is 1.03. The van der Waals surface area contributed by atoms with Crippen LogP contribution in [-0.2, 0) is 23.7 Å². The van der Waals surface area contributed by atoms with Gasteiger partial charge in [0.05, 0.1) is 29.4 Å². The third-order valence-electron chi connectivity index (χ3n) is 11.8. The molecular formula is C45H51FN5O7PS. The Kier molecular flexibility index (Phi) is 13.7. The number of amides is 3. The predicted molar refractivity (Wildman–Crippen MR) is 227 cm³/mol. The number of alkyl halides is 1. The van der Waals surface area contributed by atoms with Gasteiger partial charge >= 0.3 is 13.5 Å². The van der Waals surface area contributed by atoms with Crippen LogP contribution < -0.4 is 14.9 Å². The lowest BCUT2D eigenvalue weighted by Crippen LogP contribution is -2.53. The van der Waals surface area contributed by atoms with Crippen molar-refractivity contribution in [2.45, 2.75) is 88.7 Å². The van der Waals surface area contributed by atoms with Crippen molar-refractivity contribution in [3.05, 3.63) is 101 Å². The Bertz CT molecular complexity index is 2270. The normalized spacial score (nSPS) is 23.7. The first-order valence-electron chi connectivity index (χ1n) is 20.8. The molecule has 316 valence electrons. The number of halogens is 1. The SMILES string of the molecule is CCCOC(=O)[C@H](C)NP(=O)(Oc1ccccc1)C(F)c1ccc2sc(C(=O)NCC3CCCC[C@H]4CC[C@@H](C(=O)N5C[C@@H](C#N)[C@H](c6ccccc6)C5)N4C3=O)cc2c1. The number of carbonyl (C=O) groups excluding carboxylic acids is 4. The molecule has 3 aliphatic heterocycles. The van der Waals surface area contributed by atoms with Gasteiger partial charge in [-0.3, -0.25) is 23.7 Å². The van der Waals surface area contributed by atoms with Gasteiger partial charge in [0.25, 0.3) is 5.91 Å². The number of carbonyl (C=O) groups is 4. The first kappa shape index (κ1) is 43.0. The first-order valence-corrected chi connectivity index (χ1v) is 23.3. The van der Waals surface area contributed by atoms with E-state index in [1.54, 1.807) is 52.3 Å². The smallest absolute Gasteiger partial charge is 0.355 e. The van der Waals surface area contributed by atoms with Crippen molar-refractivity contribution >= 4 is 52.6 Å². The molecule has 3 aromatic carbocycles. The number of rotatable bonds is 14. The zero-order chi connectivity index (χ0) is 42.4. The Hall–Kier alpha value is -5.09. The Morgan fingerprint density at radius 3 is 2.45 bits per heavy atom. The number of ether oxygens (including phenoxy) is 1. The summed E-state index contributed by atoms with van der Waals surface area (Å²) in [7, 11) is -4.44. The molecular weight excluding hydrogens is 805 g/mol. The van der Waals surface area contributed by atoms with Gasteiger partial charge in [0, 0.05) is 36.3 Å². The van der Waals surface area contributed by atoms with E-state index >= 15 is 4.39 Å². The topological polar surface area (TPSA) is 158 Å². The summed E-state index contributed by atoms with van der Waals surface area (Å²) in [6.07, 6.45) is 5.01. The molecule has 3 unspecified atom stereocenters. The van der Waals surface area contributed by atoms with E-state index in [4.69, 9.17) is 9.26 Å². The van der Waals surface area contributed by atoms with Gasteiger partial charge in [-0.2, -0.15) is 5.26 Å². The number of hydrogen-bond donors (Lipinski definition) is 2. The molecule has 4 aromatic rings. The van der Waals surface area contributed by atoms with Crippen LogP contribution in [0, 0.1) is 23.2 Å². The summed E-state index contributed by atoms with van der Waals surface area (Å²) < 4.78 is 42.4. The van der Waals surface area contributed by atoms with Crippen LogP contribution >= 0.6 is 18.9 Å². The summed E-state index contributed by atoms with van der Waals surface area (Å²) in [6.45, 7) is 4.29.